The van der Waals surface area contributed by atoms with Crippen LogP contribution >= 0.6 is 22.9 Å². The number of hydrogen-bond donors (Lipinski definition) is 2. The minimum atomic E-state index is -3.53. The summed E-state index contributed by atoms with van der Waals surface area (Å²) in [5, 5.41) is 0.0673. The van der Waals surface area contributed by atoms with Gasteiger partial charge in [0.2, 0.25) is 0 Å². The third-order valence-electron chi connectivity index (χ3n) is 2.03. The largest absolute Gasteiger partial charge is 0.332 e. The minimum absolute atomic E-state index is 0.0673. The number of H-pyrrole nitrogens is 1. The van der Waals surface area contributed by atoms with E-state index in [9.17, 15) is 8.42 Å². The lowest BCUT2D eigenvalue weighted by atomic mass is 10.5. The normalized spacial score (nSPS) is 11.9. The van der Waals surface area contributed by atoms with Gasteiger partial charge in [-0.3, -0.25) is 0 Å². The van der Waals surface area contributed by atoms with Crippen LogP contribution in [-0.2, 0) is 16.6 Å². The fraction of sp³-hybridized carbons (Fsp3) is 0.222. The standard InChI is InChI=1S/C9H10ClN3O2S2/c1-6-11-5-9(13-6)17(14,15)12-4-7-2-3-8(10)16-7/h2-3,5,12H,4H2,1H3,(H,11,13). The summed E-state index contributed by atoms with van der Waals surface area (Å²) >= 11 is 7.10. The van der Waals surface area contributed by atoms with E-state index in [2.05, 4.69) is 14.7 Å². The quantitative estimate of drug-likeness (QED) is 0.903. The fourth-order valence-corrected chi connectivity index (χ4v) is 3.32. The van der Waals surface area contributed by atoms with E-state index < -0.39 is 10.0 Å². The molecule has 92 valence electrons. The number of sulfonamides is 1. The van der Waals surface area contributed by atoms with E-state index >= 15 is 0 Å². The van der Waals surface area contributed by atoms with Crippen molar-refractivity contribution < 1.29 is 8.42 Å². The third kappa shape index (κ3) is 3.06. The summed E-state index contributed by atoms with van der Waals surface area (Å²) < 4.78 is 26.7. The van der Waals surface area contributed by atoms with Gasteiger partial charge in [0.15, 0.2) is 5.03 Å². The van der Waals surface area contributed by atoms with E-state index in [-0.39, 0.29) is 11.6 Å². The first-order valence-electron chi connectivity index (χ1n) is 4.73. The van der Waals surface area contributed by atoms with Gasteiger partial charge < -0.3 is 4.98 Å². The first-order chi connectivity index (χ1) is 7.97. The molecule has 0 saturated carbocycles. The molecule has 0 aliphatic heterocycles. The van der Waals surface area contributed by atoms with Gasteiger partial charge in [0.25, 0.3) is 10.0 Å². The smallest absolute Gasteiger partial charge is 0.257 e. The van der Waals surface area contributed by atoms with E-state index in [1.54, 1.807) is 19.1 Å². The van der Waals surface area contributed by atoms with Crippen molar-refractivity contribution in [2.24, 2.45) is 0 Å². The van der Waals surface area contributed by atoms with Gasteiger partial charge in [0.05, 0.1) is 10.5 Å². The molecule has 0 aliphatic carbocycles. The van der Waals surface area contributed by atoms with Crippen molar-refractivity contribution in [1.82, 2.24) is 14.7 Å². The Kier molecular flexibility index (Phi) is 3.53. The Morgan fingerprint density at radius 1 is 1.53 bits per heavy atom. The van der Waals surface area contributed by atoms with Crippen molar-refractivity contribution in [3.63, 3.8) is 0 Å². The molecule has 0 spiro atoms. The SMILES string of the molecule is Cc1ncc(S(=O)(=O)NCc2ccc(Cl)s2)[nH]1. The summed E-state index contributed by atoms with van der Waals surface area (Å²) in [6, 6.07) is 3.52. The molecule has 0 saturated heterocycles. The van der Waals surface area contributed by atoms with Gasteiger partial charge in [0.1, 0.15) is 5.82 Å². The number of nitrogens with one attached hydrogen (secondary N) is 2. The predicted molar refractivity (Wildman–Crippen MR) is 66.7 cm³/mol. The monoisotopic (exact) mass is 291 g/mol. The number of aromatic amines is 1. The molecule has 2 rings (SSSR count). The molecule has 0 radical (unpaired) electrons. The fourth-order valence-electron chi connectivity index (χ4n) is 1.23. The van der Waals surface area contributed by atoms with Gasteiger partial charge >= 0.3 is 0 Å². The molecule has 5 nitrogen and oxygen atoms in total. The number of imidazole rings is 1. The van der Waals surface area contributed by atoms with Gasteiger partial charge in [-0.25, -0.2) is 18.1 Å². The maximum atomic E-state index is 11.8. The third-order valence-corrected chi connectivity index (χ3v) is 4.58. The second-order valence-corrected chi connectivity index (χ2v) is 6.90. The second-order valence-electron chi connectivity index (χ2n) is 3.36. The second kappa shape index (κ2) is 4.77. The maximum absolute atomic E-state index is 11.8. The highest BCUT2D eigenvalue weighted by molar-refractivity contribution is 7.89. The molecule has 0 bridgehead atoms. The lowest BCUT2D eigenvalue weighted by molar-refractivity contribution is 0.578. The Morgan fingerprint density at radius 3 is 2.82 bits per heavy atom. The highest BCUT2D eigenvalue weighted by Crippen LogP contribution is 2.21. The average Bonchev–Trinajstić information content (AvgIpc) is 2.85. The maximum Gasteiger partial charge on any atom is 0.257 e. The van der Waals surface area contributed by atoms with E-state index in [0.29, 0.717) is 10.2 Å². The van der Waals surface area contributed by atoms with Crippen molar-refractivity contribution in [1.29, 1.82) is 0 Å². The summed E-state index contributed by atoms with van der Waals surface area (Å²) in [6.45, 7) is 1.91. The van der Waals surface area contributed by atoms with Gasteiger partial charge in [-0.15, -0.1) is 11.3 Å². The summed E-state index contributed by atoms with van der Waals surface area (Å²) in [7, 11) is -3.53. The van der Waals surface area contributed by atoms with Crippen LogP contribution in [0.1, 0.15) is 10.7 Å². The zero-order valence-corrected chi connectivity index (χ0v) is 11.3. The molecule has 0 amide bonds. The number of aryl methyl sites for hydroxylation is 1. The van der Waals surface area contributed by atoms with Crippen LogP contribution < -0.4 is 4.72 Å². The Labute approximate surface area is 108 Å². The Balaban J connectivity index is 2.08. The highest BCUT2D eigenvalue weighted by Gasteiger charge is 2.16. The molecule has 0 atom stereocenters. The van der Waals surface area contributed by atoms with Crippen LogP contribution in [0, 0.1) is 6.92 Å². The lowest BCUT2D eigenvalue weighted by Gasteiger charge is -2.02. The molecule has 2 N–H and O–H groups in total. The number of rotatable bonds is 4. The van der Waals surface area contributed by atoms with Crippen LogP contribution in [0.3, 0.4) is 0 Å². The molecule has 0 unspecified atom stereocenters. The number of hydrogen-bond acceptors (Lipinski definition) is 4. The predicted octanol–water partition coefficient (Wildman–Crippen LogP) is 1.91. The topological polar surface area (TPSA) is 74.8 Å². The number of nitrogens with zero attached hydrogens (tertiary/aromatic N) is 1. The summed E-state index contributed by atoms with van der Waals surface area (Å²) in [6.07, 6.45) is 1.29. The van der Waals surface area contributed by atoms with Crippen molar-refractivity contribution >= 4 is 33.0 Å². The van der Waals surface area contributed by atoms with Gasteiger partial charge in [0, 0.05) is 11.4 Å². The summed E-state index contributed by atoms with van der Waals surface area (Å²) in [4.78, 5) is 7.38. The van der Waals surface area contributed by atoms with Gasteiger partial charge in [-0.2, -0.15) is 0 Å². The number of aromatic nitrogens is 2. The first kappa shape index (κ1) is 12.6. The van der Waals surface area contributed by atoms with Crippen LogP contribution in [-0.4, -0.2) is 18.4 Å². The van der Waals surface area contributed by atoms with Crippen molar-refractivity contribution in [3.8, 4) is 0 Å². The molecule has 0 fully saturated rings. The lowest BCUT2D eigenvalue weighted by Crippen LogP contribution is -2.23. The van der Waals surface area contributed by atoms with Gasteiger partial charge in [-0.05, 0) is 19.1 Å². The van der Waals surface area contributed by atoms with Crippen LogP contribution in [0.2, 0.25) is 4.34 Å². The number of thiophene rings is 1. The van der Waals surface area contributed by atoms with Crippen LogP contribution in [0.4, 0.5) is 0 Å². The average molecular weight is 292 g/mol. The summed E-state index contributed by atoms with van der Waals surface area (Å²) in [5.41, 5.74) is 0. The molecular weight excluding hydrogens is 282 g/mol. The zero-order valence-electron chi connectivity index (χ0n) is 8.90. The molecule has 17 heavy (non-hydrogen) atoms. The van der Waals surface area contributed by atoms with E-state index in [1.807, 2.05) is 0 Å². The van der Waals surface area contributed by atoms with Gasteiger partial charge in [-0.1, -0.05) is 11.6 Å². The molecule has 8 heteroatoms. The van der Waals surface area contributed by atoms with Crippen LogP contribution in [0.15, 0.2) is 23.4 Å². The summed E-state index contributed by atoms with van der Waals surface area (Å²) in [5.74, 6) is 0.560. The first-order valence-corrected chi connectivity index (χ1v) is 7.40. The van der Waals surface area contributed by atoms with E-state index in [1.165, 1.54) is 17.5 Å². The molecule has 0 aromatic carbocycles. The Morgan fingerprint density at radius 2 is 2.29 bits per heavy atom. The molecule has 2 aromatic rings. The number of halogens is 1. The van der Waals surface area contributed by atoms with E-state index in [4.69, 9.17) is 11.6 Å². The van der Waals surface area contributed by atoms with Crippen LogP contribution in [0.5, 0.6) is 0 Å². The van der Waals surface area contributed by atoms with Crippen molar-refractivity contribution in [3.05, 3.63) is 33.4 Å². The van der Waals surface area contributed by atoms with E-state index in [0.717, 1.165) is 4.88 Å². The molecular formula is C9H10ClN3O2S2. The Hall–Kier alpha value is -0.890. The van der Waals surface area contributed by atoms with Crippen LogP contribution in [0.25, 0.3) is 0 Å². The highest BCUT2D eigenvalue weighted by atomic mass is 35.5. The zero-order chi connectivity index (χ0) is 12.5. The minimum Gasteiger partial charge on any atom is -0.332 e. The van der Waals surface area contributed by atoms with Crippen molar-refractivity contribution in [2.75, 3.05) is 0 Å². The molecule has 0 aliphatic rings. The molecule has 2 aromatic heterocycles. The molecule has 2 heterocycles. The Bertz CT molecular complexity index is 618. The van der Waals surface area contributed by atoms with Crippen molar-refractivity contribution in [2.45, 2.75) is 18.5 Å².